The first-order valence-corrected chi connectivity index (χ1v) is 6.29. The van der Waals surface area contributed by atoms with Crippen molar-refractivity contribution in [2.24, 2.45) is 0 Å². The van der Waals surface area contributed by atoms with Gasteiger partial charge in [-0.25, -0.2) is 4.98 Å². The molecule has 2 rings (SSSR count). The molecule has 6 nitrogen and oxygen atoms in total. The molecule has 1 heterocycles. The molecule has 1 aromatic carbocycles. The number of aryl methyl sites for hydroxylation is 1. The molecule has 2 aromatic rings. The normalized spacial score (nSPS) is 10.2. The molecule has 98 valence electrons. The van der Waals surface area contributed by atoms with E-state index in [4.69, 9.17) is 0 Å². The van der Waals surface area contributed by atoms with Gasteiger partial charge in [-0.3, -0.25) is 14.9 Å². The van der Waals surface area contributed by atoms with E-state index in [1.165, 1.54) is 30.4 Å². The van der Waals surface area contributed by atoms with Gasteiger partial charge in [0.1, 0.15) is 0 Å². The van der Waals surface area contributed by atoms with Crippen LogP contribution in [0, 0.1) is 17.0 Å². The van der Waals surface area contributed by atoms with Gasteiger partial charge >= 0.3 is 0 Å². The average Bonchev–Trinajstić information content (AvgIpc) is 2.69. The number of rotatable bonds is 3. The second-order valence-electron chi connectivity index (χ2n) is 3.92. The molecule has 0 saturated carbocycles. The lowest BCUT2D eigenvalue weighted by atomic mass is 10.1. The molecule has 0 saturated heterocycles. The molecule has 0 aliphatic rings. The van der Waals surface area contributed by atoms with Crippen molar-refractivity contribution < 1.29 is 9.72 Å². The van der Waals surface area contributed by atoms with Crippen molar-refractivity contribution >= 4 is 28.1 Å². The molecule has 1 aromatic heterocycles. The first kappa shape index (κ1) is 13.2. The molecule has 19 heavy (non-hydrogen) atoms. The highest BCUT2D eigenvalue weighted by atomic mass is 32.1. The second-order valence-corrected chi connectivity index (χ2v) is 4.92. The maximum Gasteiger partial charge on any atom is 0.270 e. The van der Waals surface area contributed by atoms with Gasteiger partial charge in [0.15, 0.2) is 5.13 Å². The predicted molar refractivity (Wildman–Crippen MR) is 73.2 cm³/mol. The second kappa shape index (κ2) is 5.15. The quantitative estimate of drug-likeness (QED) is 0.690. The van der Waals surface area contributed by atoms with Gasteiger partial charge in [0.2, 0.25) is 5.91 Å². The highest BCUT2D eigenvalue weighted by molar-refractivity contribution is 7.19. The first-order valence-electron chi connectivity index (χ1n) is 5.47. The number of thiazole rings is 1. The Labute approximate surface area is 113 Å². The highest BCUT2D eigenvalue weighted by Gasteiger charge is 2.13. The summed E-state index contributed by atoms with van der Waals surface area (Å²) in [6, 6.07) is 6.35. The number of aromatic nitrogens is 1. The van der Waals surface area contributed by atoms with E-state index in [0.717, 1.165) is 16.1 Å². The number of nitrogens with zero attached hydrogens (tertiary/aromatic N) is 2. The highest BCUT2D eigenvalue weighted by Crippen LogP contribution is 2.34. The fraction of sp³-hybridized carbons (Fsp3) is 0.167. The van der Waals surface area contributed by atoms with Crippen LogP contribution in [0.2, 0.25) is 0 Å². The van der Waals surface area contributed by atoms with Gasteiger partial charge < -0.3 is 5.32 Å². The van der Waals surface area contributed by atoms with E-state index in [-0.39, 0.29) is 11.6 Å². The summed E-state index contributed by atoms with van der Waals surface area (Å²) in [5.41, 5.74) is 1.49. The molecule has 0 bridgehead atoms. The van der Waals surface area contributed by atoms with Crippen molar-refractivity contribution in [3.8, 4) is 10.4 Å². The zero-order valence-corrected chi connectivity index (χ0v) is 11.2. The summed E-state index contributed by atoms with van der Waals surface area (Å²) < 4.78 is 0. The third kappa shape index (κ3) is 2.94. The summed E-state index contributed by atoms with van der Waals surface area (Å²) >= 11 is 1.30. The minimum absolute atomic E-state index is 0.0337. The van der Waals surface area contributed by atoms with E-state index in [1.54, 1.807) is 19.1 Å². The molecule has 1 N–H and O–H groups in total. The van der Waals surface area contributed by atoms with Crippen LogP contribution in [0.4, 0.5) is 10.8 Å². The number of amides is 1. The molecule has 1 amide bonds. The van der Waals surface area contributed by atoms with Crippen LogP contribution in [0.15, 0.2) is 24.3 Å². The Kier molecular flexibility index (Phi) is 3.57. The smallest absolute Gasteiger partial charge is 0.270 e. The Morgan fingerprint density at radius 2 is 2.21 bits per heavy atom. The number of nitrogens with one attached hydrogen (secondary N) is 1. The Bertz CT molecular complexity index is 651. The van der Waals surface area contributed by atoms with Crippen molar-refractivity contribution in [3.63, 3.8) is 0 Å². The zero-order valence-electron chi connectivity index (χ0n) is 10.3. The number of nitro groups is 1. The minimum Gasteiger partial charge on any atom is -0.302 e. The molecule has 7 heteroatoms. The molecule has 0 atom stereocenters. The van der Waals surface area contributed by atoms with Crippen LogP contribution in [0.5, 0.6) is 0 Å². The summed E-state index contributed by atoms with van der Waals surface area (Å²) in [6.07, 6.45) is 0. The van der Waals surface area contributed by atoms with E-state index in [9.17, 15) is 14.9 Å². The summed E-state index contributed by atoms with van der Waals surface area (Å²) in [6.45, 7) is 3.21. The van der Waals surface area contributed by atoms with Crippen molar-refractivity contribution in [1.82, 2.24) is 4.98 Å². The molecule has 0 aliphatic heterocycles. The lowest BCUT2D eigenvalue weighted by Crippen LogP contribution is -2.04. The number of carbonyl (C=O) groups is 1. The predicted octanol–water partition coefficient (Wildman–Crippen LogP) is 2.99. The van der Waals surface area contributed by atoms with Crippen LogP contribution in [-0.4, -0.2) is 15.8 Å². The van der Waals surface area contributed by atoms with Gasteiger partial charge in [0.05, 0.1) is 15.5 Å². The van der Waals surface area contributed by atoms with E-state index >= 15 is 0 Å². The van der Waals surface area contributed by atoms with Gasteiger partial charge in [-0.1, -0.05) is 23.5 Å². The fourth-order valence-electron chi connectivity index (χ4n) is 1.63. The topological polar surface area (TPSA) is 85.1 Å². The summed E-state index contributed by atoms with van der Waals surface area (Å²) in [5, 5.41) is 13.9. The molecule has 0 aliphatic carbocycles. The standard InChI is InChI=1S/C12H11N3O3S/c1-7-11(19-12(13-7)14-8(2)16)9-4-3-5-10(6-9)15(17)18/h3-6H,1-2H3,(H,13,14,16). The van der Waals surface area contributed by atoms with Crippen molar-refractivity contribution in [2.75, 3.05) is 5.32 Å². The maximum atomic E-state index is 11.0. The largest absolute Gasteiger partial charge is 0.302 e. The van der Waals surface area contributed by atoms with Gasteiger partial charge in [0.25, 0.3) is 5.69 Å². The molecular weight excluding hydrogens is 266 g/mol. The van der Waals surface area contributed by atoms with Crippen LogP contribution in [0.25, 0.3) is 10.4 Å². The van der Waals surface area contributed by atoms with Crippen LogP contribution in [0.3, 0.4) is 0 Å². The minimum atomic E-state index is -0.436. The number of nitro benzene ring substituents is 1. The Balaban J connectivity index is 2.41. The number of carbonyl (C=O) groups excluding carboxylic acids is 1. The Hall–Kier alpha value is -2.28. The third-order valence-corrected chi connectivity index (χ3v) is 3.52. The summed E-state index contributed by atoms with van der Waals surface area (Å²) in [5.74, 6) is -0.195. The molecular formula is C12H11N3O3S. The SMILES string of the molecule is CC(=O)Nc1nc(C)c(-c2cccc([N+](=O)[O-])c2)s1. The van der Waals surface area contributed by atoms with Gasteiger partial charge in [-0.2, -0.15) is 0 Å². The zero-order chi connectivity index (χ0) is 14.0. The first-order chi connectivity index (χ1) is 8.97. The number of hydrogen-bond acceptors (Lipinski definition) is 5. The molecule has 0 unspecified atom stereocenters. The van der Waals surface area contributed by atoms with Gasteiger partial charge in [-0.05, 0) is 6.92 Å². The fourth-order valence-corrected chi connectivity index (χ4v) is 2.64. The summed E-state index contributed by atoms with van der Waals surface area (Å²) in [7, 11) is 0. The third-order valence-electron chi connectivity index (χ3n) is 2.40. The average molecular weight is 277 g/mol. The van der Waals surface area contributed by atoms with Crippen LogP contribution >= 0.6 is 11.3 Å². The van der Waals surface area contributed by atoms with Gasteiger partial charge in [-0.15, -0.1) is 0 Å². The Morgan fingerprint density at radius 3 is 2.84 bits per heavy atom. The van der Waals surface area contributed by atoms with Gasteiger partial charge in [0, 0.05) is 24.6 Å². The van der Waals surface area contributed by atoms with E-state index < -0.39 is 4.92 Å². The maximum absolute atomic E-state index is 11.0. The molecule has 0 spiro atoms. The van der Waals surface area contributed by atoms with Crippen LogP contribution in [0.1, 0.15) is 12.6 Å². The lowest BCUT2D eigenvalue weighted by Gasteiger charge is -1.98. The number of hydrogen-bond donors (Lipinski definition) is 1. The van der Waals surface area contributed by atoms with Crippen molar-refractivity contribution in [1.29, 1.82) is 0 Å². The molecule has 0 fully saturated rings. The van der Waals surface area contributed by atoms with E-state index in [0.29, 0.717) is 5.13 Å². The lowest BCUT2D eigenvalue weighted by molar-refractivity contribution is -0.384. The number of benzene rings is 1. The monoisotopic (exact) mass is 277 g/mol. The number of anilines is 1. The van der Waals surface area contributed by atoms with Crippen LogP contribution < -0.4 is 5.32 Å². The van der Waals surface area contributed by atoms with Crippen LogP contribution in [-0.2, 0) is 4.79 Å². The number of non-ortho nitro benzene ring substituents is 1. The summed E-state index contributed by atoms with van der Waals surface area (Å²) in [4.78, 5) is 26.3. The van der Waals surface area contributed by atoms with Crippen molar-refractivity contribution in [3.05, 3.63) is 40.1 Å². The van der Waals surface area contributed by atoms with E-state index in [1.807, 2.05) is 0 Å². The molecule has 0 radical (unpaired) electrons. The van der Waals surface area contributed by atoms with Crippen molar-refractivity contribution in [2.45, 2.75) is 13.8 Å². The van der Waals surface area contributed by atoms with E-state index in [2.05, 4.69) is 10.3 Å². The Morgan fingerprint density at radius 1 is 1.47 bits per heavy atom.